The first-order valence-electron chi connectivity index (χ1n) is 6.64. The number of aryl methyl sites for hydroxylation is 1. The topological polar surface area (TPSA) is 76.4 Å². The maximum atomic E-state index is 11.9. The van der Waals surface area contributed by atoms with E-state index in [0.717, 1.165) is 17.5 Å². The normalized spacial score (nSPS) is 17.2. The van der Waals surface area contributed by atoms with Gasteiger partial charge in [-0.2, -0.15) is 0 Å². The molecule has 1 heterocycles. The molecule has 1 aliphatic heterocycles. The summed E-state index contributed by atoms with van der Waals surface area (Å²) >= 11 is 0. The summed E-state index contributed by atoms with van der Waals surface area (Å²) in [6.45, 7) is 3.54. The number of ether oxygens (including phenoxy) is 1. The molecule has 5 nitrogen and oxygen atoms in total. The Morgan fingerprint density at radius 2 is 2.40 bits per heavy atom. The summed E-state index contributed by atoms with van der Waals surface area (Å²) in [5.74, 6) is 5.78. The van der Waals surface area contributed by atoms with Gasteiger partial charge in [0.1, 0.15) is 0 Å². The Morgan fingerprint density at radius 1 is 1.55 bits per heavy atom. The highest BCUT2D eigenvalue weighted by molar-refractivity contribution is 5.91. The zero-order valence-corrected chi connectivity index (χ0v) is 11.5. The van der Waals surface area contributed by atoms with Crippen molar-refractivity contribution >= 4 is 11.7 Å². The summed E-state index contributed by atoms with van der Waals surface area (Å²) in [5.41, 5.74) is 7.93. The molecule has 0 saturated carbocycles. The second-order valence-electron chi connectivity index (χ2n) is 4.71. The van der Waals surface area contributed by atoms with Crippen LogP contribution < -0.4 is 16.4 Å². The van der Waals surface area contributed by atoms with Gasteiger partial charge in [-0.05, 0) is 31.0 Å². The van der Waals surface area contributed by atoms with Gasteiger partial charge < -0.3 is 21.1 Å². The number of carbonyl (C=O) groups is 1. The Kier molecular flexibility index (Phi) is 4.99. The van der Waals surface area contributed by atoms with Crippen molar-refractivity contribution in [3.63, 3.8) is 0 Å². The van der Waals surface area contributed by atoms with Crippen LogP contribution in [0, 0.1) is 18.8 Å². The Hall–Kier alpha value is -2.03. The third-order valence-electron chi connectivity index (χ3n) is 3.01. The minimum absolute atomic E-state index is 0.0824. The molecule has 20 heavy (non-hydrogen) atoms. The molecule has 2 amide bonds. The van der Waals surface area contributed by atoms with Gasteiger partial charge in [0.2, 0.25) is 0 Å². The lowest BCUT2D eigenvalue weighted by atomic mass is 10.1. The highest BCUT2D eigenvalue weighted by atomic mass is 16.5. The summed E-state index contributed by atoms with van der Waals surface area (Å²) < 4.78 is 5.22. The molecule has 1 aliphatic rings. The molecule has 0 spiro atoms. The molecule has 5 heteroatoms. The molecule has 1 saturated heterocycles. The number of rotatable bonds is 2. The van der Waals surface area contributed by atoms with Gasteiger partial charge >= 0.3 is 6.03 Å². The van der Waals surface area contributed by atoms with E-state index in [9.17, 15) is 4.79 Å². The van der Waals surface area contributed by atoms with E-state index < -0.39 is 0 Å². The number of amides is 2. The number of urea groups is 1. The highest BCUT2D eigenvalue weighted by Gasteiger charge is 2.18. The lowest BCUT2D eigenvalue weighted by molar-refractivity contribution is 0.189. The van der Waals surface area contributed by atoms with E-state index >= 15 is 0 Å². The van der Waals surface area contributed by atoms with Gasteiger partial charge in [-0.1, -0.05) is 17.9 Å². The molecular weight excluding hydrogens is 254 g/mol. The average molecular weight is 273 g/mol. The fourth-order valence-corrected chi connectivity index (χ4v) is 2.01. The summed E-state index contributed by atoms with van der Waals surface area (Å²) in [6.07, 6.45) is 0.848. The van der Waals surface area contributed by atoms with Crippen LogP contribution in [0.2, 0.25) is 0 Å². The van der Waals surface area contributed by atoms with Crippen LogP contribution in [0.25, 0.3) is 0 Å². The van der Waals surface area contributed by atoms with E-state index in [1.165, 1.54) is 0 Å². The van der Waals surface area contributed by atoms with E-state index in [2.05, 4.69) is 22.5 Å². The van der Waals surface area contributed by atoms with Crippen LogP contribution in [-0.2, 0) is 4.74 Å². The van der Waals surface area contributed by atoms with Crippen molar-refractivity contribution in [2.75, 3.05) is 25.1 Å². The van der Waals surface area contributed by atoms with Gasteiger partial charge in [-0.3, -0.25) is 0 Å². The average Bonchev–Trinajstić information content (AvgIpc) is 2.91. The van der Waals surface area contributed by atoms with E-state index in [1.54, 1.807) is 0 Å². The molecule has 106 valence electrons. The van der Waals surface area contributed by atoms with Crippen LogP contribution in [0.3, 0.4) is 0 Å². The predicted octanol–water partition coefficient (Wildman–Crippen LogP) is 1.22. The molecule has 0 bridgehead atoms. The van der Waals surface area contributed by atoms with Crippen molar-refractivity contribution in [3.8, 4) is 11.8 Å². The largest absolute Gasteiger partial charge is 0.379 e. The van der Waals surface area contributed by atoms with Crippen LogP contribution >= 0.6 is 0 Å². The standard InChI is InChI=1S/C15H19N3O2/c1-11-4-5-14(12(9-11)3-2-7-16)18-15(19)17-13-6-8-20-10-13/h4-5,9,13H,6-8,10,16H2,1H3,(H2,17,18,19). The van der Waals surface area contributed by atoms with Crippen molar-refractivity contribution < 1.29 is 9.53 Å². The molecule has 0 radical (unpaired) electrons. The molecule has 1 fully saturated rings. The number of anilines is 1. The van der Waals surface area contributed by atoms with E-state index in [4.69, 9.17) is 10.5 Å². The van der Waals surface area contributed by atoms with Crippen molar-refractivity contribution in [3.05, 3.63) is 29.3 Å². The number of carbonyl (C=O) groups excluding carboxylic acids is 1. The second-order valence-corrected chi connectivity index (χ2v) is 4.71. The molecule has 1 aromatic rings. The van der Waals surface area contributed by atoms with Crippen LogP contribution in [0.5, 0.6) is 0 Å². The molecule has 0 aliphatic carbocycles. The number of benzene rings is 1. The lowest BCUT2D eigenvalue weighted by Crippen LogP contribution is -2.38. The van der Waals surface area contributed by atoms with E-state index in [0.29, 0.717) is 25.4 Å². The van der Waals surface area contributed by atoms with Gasteiger partial charge in [0.25, 0.3) is 0 Å². The van der Waals surface area contributed by atoms with Crippen molar-refractivity contribution in [1.29, 1.82) is 0 Å². The second kappa shape index (κ2) is 6.94. The lowest BCUT2D eigenvalue weighted by Gasteiger charge is -2.13. The van der Waals surface area contributed by atoms with Gasteiger partial charge in [0.15, 0.2) is 0 Å². The number of hydrogen-bond acceptors (Lipinski definition) is 3. The maximum Gasteiger partial charge on any atom is 0.319 e. The zero-order chi connectivity index (χ0) is 14.4. The monoisotopic (exact) mass is 273 g/mol. The van der Waals surface area contributed by atoms with Gasteiger partial charge in [0.05, 0.1) is 24.9 Å². The quantitative estimate of drug-likeness (QED) is 0.709. The molecule has 4 N–H and O–H groups in total. The predicted molar refractivity (Wildman–Crippen MR) is 78.5 cm³/mol. The first-order chi connectivity index (χ1) is 9.69. The third kappa shape index (κ3) is 3.98. The molecular formula is C15H19N3O2. The van der Waals surface area contributed by atoms with Crippen molar-refractivity contribution in [1.82, 2.24) is 5.32 Å². The molecule has 1 atom stereocenters. The van der Waals surface area contributed by atoms with Crippen LogP contribution in [0.4, 0.5) is 10.5 Å². The summed E-state index contributed by atoms with van der Waals surface area (Å²) in [6, 6.07) is 5.55. The van der Waals surface area contributed by atoms with Crippen LogP contribution in [0.15, 0.2) is 18.2 Å². The summed E-state index contributed by atoms with van der Waals surface area (Å²) in [4.78, 5) is 11.9. The summed E-state index contributed by atoms with van der Waals surface area (Å²) in [7, 11) is 0. The number of nitrogens with one attached hydrogen (secondary N) is 2. The fourth-order valence-electron chi connectivity index (χ4n) is 2.01. The Morgan fingerprint density at radius 3 is 3.10 bits per heavy atom. The maximum absolute atomic E-state index is 11.9. The van der Waals surface area contributed by atoms with Crippen molar-refractivity contribution in [2.24, 2.45) is 5.73 Å². The molecule has 1 aromatic carbocycles. The van der Waals surface area contributed by atoms with Crippen molar-refractivity contribution in [2.45, 2.75) is 19.4 Å². The molecule has 2 rings (SSSR count). The van der Waals surface area contributed by atoms with Crippen LogP contribution in [0.1, 0.15) is 17.5 Å². The Balaban J connectivity index is 2.05. The highest BCUT2D eigenvalue weighted by Crippen LogP contribution is 2.16. The number of hydrogen-bond donors (Lipinski definition) is 3. The first kappa shape index (κ1) is 14.4. The minimum atomic E-state index is -0.236. The van der Waals surface area contributed by atoms with E-state index in [-0.39, 0.29) is 12.1 Å². The van der Waals surface area contributed by atoms with Gasteiger partial charge in [0, 0.05) is 12.2 Å². The minimum Gasteiger partial charge on any atom is -0.379 e. The first-order valence-corrected chi connectivity index (χ1v) is 6.64. The number of nitrogens with two attached hydrogens (primary N) is 1. The zero-order valence-electron chi connectivity index (χ0n) is 11.5. The SMILES string of the molecule is Cc1ccc(NC(=O)NC2CCOC2)c(C#CCN)c1. The fraction of sp³-hybridized carbons (Fsp3) is 0.400. The van der Waals surface area contributed by atoms with Crippen LogP contribution in [-0.4, -0.2) is 31.8 Å². The van der Waals surface area contributed by atoms with Gasteiger partial charge in [-0.25, -0.2) is 4.79 Å². The third-order valence-corrected chi connectivity index (χ3v) is 3.01. The molecule has 0 aromatic heterocycles. The summed E-state index contributed by atoms with van der Waals surface area (Å²) in [5, 5.41) is 5.70. The Bertz CT molecular complexity index is 540. The van der Waals surface area contributed by atoms with Gasteiger partial charge in [-0.15, -0.1) is 0 Å². The Labute approximate surface area is 118 Å². The smallest absolute Gasteiger partial charge is 0.319 e. The molecule has 1 unspecified atom stereocenters. The van der Waals surface area contributed by atoms with E-state index in [1.807, 2.05) is 25.1 Å².